The Hall–Kier alpha value is -5.14. The highest BCUT2D eigenvalue weighted by Crippen LogP contribution is 2.60. The van der Waals surface area contributed by atoms with Gasteiger partial charge in [-0.05, 0) is 61.0 Å². The van der Waals surface area contributed by atoms with Gasteiger partial charge in [0, 0.05) is 35.5 Å². The van der Waals surface area contributed by atoms with Gasteiger partial charge in [-0.15, -0.1) is 5.10 Å². The number of aryl methyl sites for hydroxylation is 1. The van der Waals surface area contributed by atoms with Crippen LogP contribution in [-0.4, -0.2) is 64.3 Å². The zero-order valence-corrected chi connectivity index (χ0v) is 31.0. The zero-order valence-electron chi connectivity index (χ0n) is 30.0. The third-order valence-corrected chi connectivity index (χ3v) is 13.6. The molecule has 4 aromatic carbocycles. The van der Waals surface area contributed by atoms with Gasteiger partial charge in [-0.3, -0.25) is 19.2 Å². The molecule has 2 amide bonds. The number of rotatable bonds is 10. The molecule has 11 nitrogen and oxygen atoms in total. The monoisotopic (exact) mass is 729 g/mol. The third-order valence-electron chi connectivity index (χ3n) is 11.1. The Labute approximate surface area is 309 Å². The SMILES string of the molecule is C[C@H]1[C@H]([Si](C)(C)O)[C@@H](CCn2cc(C(CO)c3ccccc3)nn2)O[C@]12C(=O)N(Cc1ccccc1)c1ccc(N3C(=O)COc4ccccc43)cc12. The first kappa shape index (κ1) is 34.9. The number of hydrogen-bond donors (Lipinski definition) is 2. The van der Waals surface area contributed by atoms with Crippen LogP contribution in [0.3, 0.4) is 0 Å². The van der Waals surface area contributed by atoms with Crippen LogP contribution in [0.2, 0.25) is 18.6 Å². The van der Waals surface area contributed by atoms with Gasteiger partial charge < -0.3 is 24.3 Å². The van der Waals surface area contributed by atoms with E-state index in [1.807, 2.05) is 129 Å². The predicted molar refractivity (Wildman–Crippen MR) is 202 cm³/mol. The number of hydrogen-bond acceptors (Lipinski definition) is 8. The van der Waals surface area contributed by atoms with Crippen molar-refractivity contribution in [1.82, 2.24) is 15.0 Å². The lowest BCUT2D eigenvalue weighted by Crippen LogP contribution is -2.46. The number of carbonyl (C=O) groups excluding carboxylic acids is 2. The second-order valence-electron chi connectivity index (χ2n) is 14.8. The molecule has 1 aromatic heterocycles. The molecule has 5 aromatic rings. The molecule has 53 heavy (non-hydrogen) atoms. The maximum atomic E-state index is 15.1. The Morgan fingerprint density at radius 3 is 2.40 bits per heavy atom. The molecule has 272 valence electrons. The van der Waals surface area contributed by atoms with Crippen LogP contribution in [0, 0.1) is 5.92 Å². The molecule has 12 heteroatoms. The highest BCUT2D eigenvalue weighted by molar-refractivity contribution is 6.71. The van der Waals surface area contributed by atoms with Crippen LogP contribution < -0.4 is 14.5 Å². The molecule has 4 heterocycles. The fourth-order valence-corrected chi connectivity index (χ4v) is 11.3. The predicted octanol–water partition coefficient (Wildman–Crippen LogP) is 5.89. The average Bonchev–Trinajstić information content (AvgIpc) is 3.82. The number of fused-ring (bicyclic) bond motifs is 3. The molecule has 1 spiro atoms. The smallest absolute Gasteiger partial charge is 0.269 e. The summed E-state index contributed by atoms with van der Waals surface area (Å²) in [6, 6.07) is 32.7. The molecule has 5 atom stereocenters. The number of carbonyl (C=O) groups is 2. The van der Waals surface area contributed by atoms with Gasteiger partial charge in [0.25, 0.3) is 11.8 Å². The van der Waals surface area contributed by atoms with Crippen molar-refractivity contribution in [3.63, 3.8) is 0 Å². The highest BCUT2D eigenvalue weighted by Gasteiger charge is 2.66. The van der Waals surface area contributed by atoms with Crippen LogP contribution in [0.4, 0.5) is 17.1 Å². The van der Waals surface area contributed by atoms with E-state index < -0.39 is 25.9 Å². The fraction of sp³-hybridized carbons (Fsp3) is 0.317. The van der Waals surface area contributed by atoms with Gasteiger partial charge in [0.05, 0.1) is 42.2 Å². The second kappa shape index (κ2) is 13.7. The largest absolute Gasteiger partial charge is 0.482 e. The van der Waals surface area contributed by atoms with Crippen LogP contribution >= 0.6 is 0 Å². The van der Waals surface area contributed by atoms with Gasteiger partial charge in [-0.1, -0.05) is 84.9 Å². The van der Waals surface area contributed by atoms with Gasteiger partial charge in [0.2, 0.25) is 0 Å². The molecule has 0 bridgehead atoms. The Morgan fingerprint density at radius 1 is 0.943 bits per heavy atom. The van der Waals surface area contributed by atoms with Gasteiger partial charge in [0.1, 0.15) is 5.75 Å². The van der Waals surface area contributed by atoms with Crippen molar-refractivity contribution in [3.05, 3.63) is 132 Å². The summed E-state index contributed by atoms with van der Waals surface area (Å²) < 4.78 is 14.6. The summed E-state index contributed by atoms with van der Waals surface area (Å²) in [4.78, 5) is 43.8. The summed E-state index contributed by atoms with van der Waals surface area (Å²) in [7, 11) is -2.95. The van der Waals surface area contributed by atoms with Crippen molar-refractivity contribution in [2.24, 2.45) is 5.92 Å². The molecule has 0 aliphatic carbocycles. The van der Waals surface area contributed by atoms with Crippen molar-refractivity contribution >= 4 is 37.2 Å². The van der Waals surface area contributed by atoms with Crippen LogP contribution in [0.1, 0.15) is 41.6 Å². The summed E-state index contributed by atoms with van der Waals surface area (Å²) in [6.07, 6.45) is 1.84. The molecule has 3 aliphatic heterocycles. The maximum Gasteiger partial charge on any atom is 0.269 e. The Kier molecular flexibility index (Phi) is 9.01. The van der Waals surface area contributed by atoms with E-state index in [2.05, 4.69) is 10.3 Å². The van der Waals surface area contributed by atoms with Crippen molar-refractivity contribution in [3.8, 4) is 5.75 Å². The van der Waals surface area contributed by atoms with E-state index in [-0.39, 0.29) is 36.5 Å². The van der Waals surface area contributed by atoms with Crippen molar-refractivity contribution in [1.29, 1.82) is 0 Å². The number of aliphatic hydroxyl groups is 1. The molecule has 1 fully saturated rings. The first-order valence-electron chi connectivity index (χ1n) is 18.1. The van der Waals surface area contributed by atoms with Gasteiger partial charge in [0.15, 0.2) is 20.5 Å². The summed E-state index contributed by atoms with van der Waals surface area (Å²) in [5.41, 5.74) is 3.52. The molecule has 0 saturated carbocycles. The van der Waals surface area contributed by atoms with Gasteiger partial charge in [-0.25, -0.2) is 0 Å². The molecule has 1 unspecified atom stereocenters. The first-order valence-corrected chi connectivity index (χ1v) is 21.1. The van der Waals surface area contributed by atoms with Gasteiger partial charge in [-0.2, -0.15) is 0 Å². The topological polar surface area (TPSA) is 130 Å². The quantitative estimate of drug-likeness (QED) is 0.170. The standard InChI is InChI=1S/C41H43N5O6Si/c1-27-39(53(2,3)50)37(20-21-44-24-33(42-43-44)31(25-47)29-14-8-5-9-15-29)52-41(27)32-22-30(46-35-16-10-11-17-36(35)51-26-38(46)48)18-19-34(32)45(40(41)49)23-28-12-6-4-7-13-28/h4-19,22,24,27,31,37,39,47,50H,20-21,23,25-26H2,1-3H3/t27-,31?,37+,39-,41+/m0/s1. The lowest BCUT2D eigenvalue weighted by molar-refractivity contribution is -0.146. The van der Waals surface area contributed by atoms with E-state index in [4.69, 9.17) is 9.47 Å². The maximum absolute atomic E-state index is 15.1. The van der Waals surface area contributed by atoms with E-state index in [1.165, 1.54) is 0 Å². The lowest BCUT2D eigenvalue weighted by Gasteiger charge is -2.33. The fourth-order valence-electron chi connectivity index (χ4n) is 8.68. The molecule has 3 aliphatic rings. The van der Waals surface area contributed by atoms with E-state index in [0.717, 1.165) is 16.8 Å². The Bertz CT molecular complexity index is 2140. The van der Waals surface area contributed by atoms with E-state index >= 15 is 4.79 Å². The van der Waals surface area contributed by atoms with Gasteiger partial charge >= 0.3 is 0 Å². The summed E-state index contributed by atoms with van der Waals surface area (Å²) in [5, 5.41) is 19.0. The van der Waals surface area contributed by atoms with Crippen LogP contribution in [0.25, 0.3) is 0 Å². The minimum atomic E-state index is -2.95. The minimum absolute atomic E-state index is 0.103. The summed E-state index contributed by atoms with van der Waals surface area (Å²) in [5.74, 6) is -0.496. The lowest BCUT2D eigenvalue weighted by atomic mass is 9.82. The summed E-state index contributed by atoms with van der Waals surface area (Å²) >= 11 is 0. The molecular formula is C41H43N5O6Si. The van der Waals surface area contributed by atoms with E-state index in [1.54, 1.807) is 14.5 Å². The molecule has 8 rings (SSSR count). The number of anilines is 3. The molecule has 1 saturated heterocycles. The van der Waals surface area contributed by atoms with Crippen LogP contribution in [-0.2, 0) is 33.0 Å². The van der Waals surface area contributed by atoms with Crippen molar-refractivity contribution < 1.29 is 29.0 Å². The minimum Gasteiger partial charge on any atom is -0.482 e. The highest BCUT2D eigenvalue weighted by atomic mass is 28.4. The Balaban J connectivity index is 1.17. The second-order valence-corrected chi connectivity index (χ2v) is 18.7. The summed E-state index contributed by atoms with van der Waals surface area (Å²) in [6.45, 7) is 6.40. The van der Waals surface area contributed by atoms with Crippen LogP contribution in [0.5, 0.6) is 5.75 Å². The normalized spacial score (nSPS) is 22.9. The molecular weight excluding hydrogens is 687 g/mol. The molecule has 0 radical (unpaired) electrons. The van der Waals surface area contributed by atoms with Crippen molar-refractivity contribution in [2.45, 2.75) is 62.7 Å². The number of aliphatic hydroxyl groups excluding tert-OH is 1. The van der Waals surface area contributed by atoms with E-state index in [9.17, 15) is 14.7 Å². The number of nitrogens with zero attached hydrogens (tertiary/aromatic N) is 5. The molecule has 2 N–H and O–H groups in total. The first-order chi connectivity index (χ1) is 25.6. The number of amides is 2. The average molecular weight is 730 g/mol. The third kappa shape index (κ3) is 6.05. The number of para-hydroxylation sites is 2. The number of aromatic nitrogens is 3. The van der Waals surface area contributed by atoms with E-state index in [0.29, 0.717) is 47.9 Å². The van der Waals surface area contributed by atoms with Crippen molar-refractivity contribution in [2.75, 3.05) is 23.0 Å². The zero-order chi connectivity index (χ0) is 36.9. The van der Waals surface area contributed by atoms with Crippen LogP contribution in [0.15, 0.2) is 109 Å². The Morgan fingerprint density at radius 2 is 1.66 bits per heavy atom. The number of ether oxygens (including phenoxy) is 2. The number of benzene rings is 4.